The molecule has 1 saturated heterocycles. The topological polar surface area (TPSA) is 93.7 Å². The lowest BCUT2D eigenvalue weighted by molar-refractivity contribution is -1.92. The van der Waals surface area contributed by atoms with E-state index in [4.69, 9.17) is 0 Å². The van der Waals surface area contributed by atoms with Crippen LogP contribution in [0.15, 0.2) is 0 Å². The van der Waals surface area contributed by atoms with Gasteiger partial charge >= 0.3 is 0 Å². The molecular formula is C4H9ClN2O4. The highest BCUT2D eigenvalue weighted by Crippen LogP contribution is 1.98. The summed E-state index contributed by atoms with van der Waals surface area (Å²) in [6.45, 7) is 2.08. The summed E-state index contributed by atoms with van der Waals surface area (Å²) in [7, 11) is -4.32. The van der Waals surface area contributed by atoms with Gasteiger partial charge in [-0.05, 0) is 5.06 Å². The molecular weight excluding hydrogens is 176 g/mol. The van der Waals surface area contributed by atoms with Crippen LogP contribution >= 0.6 is 0 Å². The van der Waals surface area contributed by atoms with Gasteiger partial charge in [-0.1, -0.05) is 0 Å². The third kappa shape index (κ3) is 3.82. The van der Waals surface area contributed by atoms with Crippen LogP contribution < -0.4 is 19.3 Å². The van der Waals surface area contributed by atoms with Gasteiger partial charge in [0.15, 0.2) is 4.39 Å². The van der Waals surface area contributed by atoms with Crippen molar-refractivity contribution in [3.8, 4) is 0 Å². The monoisotopic (exact) mass is 184 g/mol. The number of piperazine rings is 1. The molecule has 0 unspecified atom stereocenters. The maximum Gasteiger partial charge on any atom is 0.179 e. The molecule has 0 amide bonds. The van der Waals surface area contributed by atoms with E-state index in [-0.39, 0.29) is 0 Å². The Hall–Kier alpha value is 0.0500. The number of nitrogens with one attached hydrogen (secondary N) is 1. The molecule has 0 aromatic rings. The minimum absolute atomic E-state index is 0.411. The van der Waals surface area contributed by atoms with E-state index >= 15 is 0 Å². The van der Waals surface area contributed by atoms with Crippen molar-refractivity contribution in [3.05, 3.63) is 0 Å². The lowest BCUT2D eigenvalue weighted by Crippen LogP contribution is -2.64. The fourth-order valence-corrected chi connectivity index (χ4v) is 1.21. The maximum absolute atomic E-state index is 10.0. The molecule has 1 rings (SSSR count). The van der Waals surface area contributed by atoms with Crippen molar-refractivity contribution in [2.75, 3.05) is 26.2 Å². The highest BCUT2D eigenvalue weighted by Gasteiger charge is 2.27. The lowest BCUT2D eigenvalue weighted by Gasteiger charge is -2.23. The molecule has 1 aliphatic heterocycles. The molecule has 0 bridgehead atoms. The Morgan fingerprint density at radius 2 is 1.73 bits per heavy atom. The second kappa shape index (κ2) is 3.63. The molecule has 66 valence electrons. The van der Waals surface area contributed by atoms with Crippen LogP contribution in [0.1, 0.15) is 0 Å². The third-order valence-electron chi connectivity index (χ3n) is 1.26. The van der Waals surface area contributed by atoms with Crippen molar-refractivity contribution >= 4 is 0 Å². The summed E-state index contributed by atoms with van der Waals surface area (Å²) in [6, 6.07) is 0. The summed E-state index contributed by atoms with van der Waals surface area (Å²) in [5.74, 6) is 0. The lowest BCUT2D eigenvalue weighted by atomic mass is 10.4. The molecule has 1 fully saturated rings. The minimum Gasteiger partial charge on any atom is -0.314 e. The maximum atomic E-state index is 10.0. The fraction of sp³-hybridized carbons (Fsp3) is 1.00. The van der Waals surface area contributed by atoms with Gasteiger partial charge in [-0.15, -0.1) is 0 Å². The molecule has 1 aliphatic rings. The SMILES string of the molecule is [O-][Cl+3]([O-])([O-])ON1CCNCC1. The van der Waals surface area contributed by atoms with Crippen LogP contribution in [0.3, 0.4) is 0 Å². The highest BCUT2D eigenvalue weighted by molar-refractivity contribution is 4.58. The van der Waals surface area contributed by atoms with E-state index in [1.165, 1.54) is 0 Å². The Bertz CT molecular complexity index is 122. The summed E-state index contributed by atoms with van der Waals surface area (Å²) in [6.07, 6.45) is 0. The van der Waals surface area contributed by atoms with Crippen LogP contribution in [-0.4, -0.2) is 31.2 Å². The molecule has 1 heterocycles. The number of hydrogen-bond donors (Lipinski definition) is 1. The smallest absolute Gasteiger partial charge is 0.179 e. The van der Waals surface area contributed by atoms with Crippen LogP contribution in [0, 0.1) is 10.2 Å². The van der Waals surface area contributed by atoms with E-state index in [0.29, 0.717) is 26.2 Å². The van der Waals surface area contributed by atoms with Gasteiger partial charge in [0.05, 0.1) is 13.1 Å². The first-order chi connectivity index (χ1) is 5.08. The molecule has 0 radical (unpaired) electrons. The van der Waals surface area contributed by atoms with Crippen molar-refractivity contribution in [1.82, 2.24) is 10.4 Å². The van der Waals surface area contributed by atoms with E-state index in [1.54, 1.807) is 0 Å². The number of hydrogen-bond acceptors (Lipinski definition) is 6. The molecule has 0 aromatic carbocycles. The van der Waals surface area contributed by atoms with E-state index in [0.717, 1.165) is 5.06 Å². The highest BCUT2D eigenvalue weighted by atomic mass is 35.7. The second-order valence-corrected chi connectivity index (χ2v) is 3.02. The third-order valence-corrected chi connectivity index (χ3v) is 1.62. The Balaban J connectivity index is 2.24. The number of nitrogens with zero attached hydrogens (tertiary/aromatic N) is 1. The van der Waals surface area contributed by atoms with Crippen LogP contribution in [-0.2, 0) is 4.39 Å². The molecule has 11 heavy (non-hydrogen) atoms. The van der Waals surface area contributed by atoms with Gasteiger partial charge in [-0.2, -0.15) is 14.0 Å². The van der Waals surface area contributed by atoms with E-state index in [1.807, 2.05) is 0 Å². The van der Waals surface area contributed by atoms with Crippen LogP contribution in [0.5, 0.6) is 0 Å². The second-order valence-electron chi connectivity index (χ2n) is 2.13. The summed E-state index contributed by atoms with van der Waals surface area (Å²) >= 11 is 0. The molecule has 0 aliphatic carbocycles. The Morgan fingerprint density at radius 3 is 2.18 bits per heavy atom. The zero-order chi connectivity index (χ0) is 8.32. The molecule has 6 nitrogen and oxygen atoms in total. The summed E-state index contributed by atoms with van der Waals surface area (Å²) in [5, 5.41) is 4.10. The first kappa shape index (κ1) is 9.14. The van der Waals surface area contributed by atoms with Gasteiger partial charge < -0.3 is 5.32 Å². The van der Waals surface area contributed by atoms with Crippen molar-refractivity contribution in [1.29, 1.82) is 0 Å². The van der Waals surface area contributed by atoms with E-state index in [9.17, 15) is 14.0 Å². The van der Waals surface area contributed by atoms with Crippen LogP contribution in [0.25, 0.3) is 0 Å². The molecule has 0 saturated carbocycles. The summed E-state index contributed by atoms with van der Waals surface area (Å²) in [5.41, 5.74) is 0. The van der Waals surface area contributed by atoms with Gasteiger partial charge in [0.1, 0.15) is 10.2 Å². The normalized spacial score (nSPS) is 22.1. The van der Waals surface area contributed by atoms with Crippen LogP contribution in [0.4, 0.5) is 0 Å². The quantitative estimate of drug-likeness (QED) is 0.467. The van der Waals surface area contributed by atoms with Gasteiger partial charge in [-0.25, -0.2) is 0 Å². The molecule has 0 aromatic heterocycles. The average Bonchev–Trinajstić information content (AvgIpc) is 1.85. The molecule has 0 atom stereocenters. The van der Waals surface area contributed by atoms with Gasteiger partial charge in [0, 0.05) is 13.1 Å². The van der Waals surface area contributed by atoms with Gasteiger partial charge in [-0.3, -0.25) is 0 Å². The van der Waals surface area contributed by atoms with E-state index < -0.39 is 10.2 Å². The predicted molar refractivity (Wildman–Crippen MR) is 25.5 cm³/mol. The molecule has 1 N–H and O–H groups in total. The van der Waals surface area contributed by atoms with E-state index in [2.05, 4.69) is 9.71 Å². The first-order valence-electron chi connectivity index (χ1n) is 3.14. The Labute approximate surface area is 66.0 Å². The minimum atomic E-state index is -4.32. The van der Waals surface area contributed by atoms with Crippen molar-refractivity contribution in [2.24, 2.45) is 0 Å². The number of hydroxylamine groups is 2. The van der Waals surface area contributed by atoms with Crippen LogP contribution in [0.2, 0.25) is 0 Å². The zero-order valence-corrected chi connectivity index (χ0v) is 6.54. The van der Waals surface area contributed by atoms with Gasteiger partial charge in [0.2, 0.25) is 0 Å². The molecule has 0 spiro atoms. The fourth-order valence-electron chi connectivity index (χ4n) is 0.833. The van der Waals surface area contributed by atoms with Crippen molar-refractivity contribution < 1.29 is 28.6 Å². The number of rotatable bonds is 2. The van der Waals surface area contributed by atoms with Gasteiger partial charge in [0.25, 0.3) is 0 Å². The van der Waals surface area contributed by atoms with Crippen molar-refractivity contribution in [2.45, 2.75) is 0 Å². The summed E-state index contributed by atoms with van der Waals surface area (Å²) < 4.78 is 34.2. The Kier molecular flexibility index (Phi) is 3.02. The average molecular weight is 185 g/mol. The predicted octanol–water partition coefficient (Wildman–Crippen LogP) is -4.28. The zero-order valence-electron chi connectivity index (χ0n) is 5.79. The summed E-state index contributed by atoms with van der Waals surface area (Å²) in [4.78, 5) is 0. The largest absolute Gasteiger partial charge is 0.314 e. The Morgan fingerprint density at radius 1 is 1.18 bits per heavy atom. The van der Waals surface area contributed by atoms with Crippen molar-refractivity contribution in [3.63, 3.8) is 0 Å². The standard InChI is InChI=1S/C4H9ClN2O4/c8-5(9,10)11-7-3-1-6-2-4-7/h6H,1-4H2. The number of halogens is 1. The molecule has 7 heteroatoms. The first-order valence-corrected chi connectivity index (χ1v) is 4.37.